The lowest BCUT2D eigenvalue weighted by molar-refractivity contribution is 1.17. The van der Waals surface area contributed by atoms with Crippen LogP contribution in [0.3, 0.4) is 0 Å². The first-order valence-corrected chi connectivity index (χ1v) is 5.34. The second-order valence-electron chi connectivity index (χ2n) is 3.11. The van der Waals surface area contributed by atoms with E-state index < -0.39 is 0 Å². The van der Waals surface area contributed by atoms with Crippen LogP contribution < -0.4 is 0 Å². The lowest BCUT2D eigenvalue weighted by Crippen LogP contribution is -1.79. The van der Waals surface area contributed by atoms with Gasteiger partial charge in [0.1, 0.15) is 0 Å². The monoisotopic (exact) mass is 219 g/mol. The summed E-state index contributed by atoms with van der Waals surface area (Å²) < 4.78 is 0. The summed E-state index contributed by atoms with van der Waals surface area (Å²) in [5.74, 6) is 0.501. The molecule has 0 fully saturated rings. The highest BCUT2D eigenvalue weighted by Gasteiger charge is 1.83. The van der Waals surface area contributed by atoms with Crippen molar-refractivity contribution < 1.29 is 0 Å². The Morgan fingerprint density at radius 3 is 2.00 bits per heavy atom. The number of nitrogens with zero attached hydrogens (tertiary/aromatic N) is 1. The summed E-state index contributed by atoms with van der Waals surface area (Å²) in [7, 11) is 0. The van der Waals surface area contributed by atoms with Crippen LogP contribution >= 0.6 is 11.6 Å². The van der Waals surface area contributed by atoms with Crippen molar-refractivity contribution in [2.24, 2.45) is 0 Å². The van der Waals surface area contributed by atoms with Crippen LogP contribution in [-0.2, 0) is 5.88 Å². The first-order chi connectivity index (χ1) is 7.33. The average Bonchev–Trinajstić information content (AvgIpc) is 2.32. The molecule has 0 aliphatic carbocycles. The zero-order valence-corrected chi connectivity index (χ0v) is 9.48. The maximum atomic E-state index is 5.46. The van der Waals surface area contributed by atoms with Gasteiger partial charge in [-0.05, 0) is 19.1 Å². The third-order valence-corrected chi connectivity index (χ3v) is 2.08. The van der Waals surface area contributed by atoms with Crippen LogP contribution in [0, 0.1) is 6.92 Å². The minimum absolute atomic E-state index is 0.501. The lowest BCUT2D eigenvalue weighted by Gasteiger charge is -1.87. The van der Waals surface area contributed by atoms with Crippen molar-refractivity contribution in [3.8, 4) is 0 Å². The molecule has 0 aliphatic heterocycles. The normalized spacial score (nSPS) is 8.93. The van der Waals surface area contributed by atoms with E-state index in [4.69, 9.17) is 11.6 Å². The van der Waals surface area contributed by atoms with Gasteiger partial charge < -0.3 is 0 Å². The molecule has 1 aromatic heterocycles. The highest BCUT2D eigenvalue weighted by atomic mass is 35.5. The molecule has 2 heteroatoms. The van der Waals surface area contributed by atoms with Crippen molar-refractivity contribution in [3.05, 3.63) is 66.0 Å². The molecule has 15 heavy (non-hydrogen) atoms. The van der Waals surface area contributed by atoms with E-state index >= 15 is 0 Å². The van der Waals surface area contributed by atoms with Crippen molar-refractivity contribution >= 4 is 11.6 Å². The molecule has 0 unspecified atom stereocenters. The van der Waals surface area contributed by atoms with Crippen molar-refractivity contribution in [1.29, 1.82) is 0 Å². The fourth-order valence-corrected chi connectivity index (χ4v) is 1.17. The molecule has 0 N–H and O–H groups in total. The van der Waals surface area contributed by atoms with Crippen LogP contribution in [0.4, 0.5) is 0 Å². The van der Waals surface area contributed by atoms with Gasteiger partial charge in [0.15, 0.2) is 0 Å². The van der Waals surface area contributed by atoms with Crippen LogP contribution in [0.2, 0.25) is 0 Å². The molecule has 0 atom stereocenters. The Hall–Kier alpha value is -1.34. The van der Waals surface area contributed by atoms with Gasteiger partial charge in [-0.25, -0.2) is 0 Å². The van der Waals surface area contributed by atoms with Crippen LogP contribution in [0.1, 0.15) is 11.3 Å². The zero-order chi connectivity index (χ0) is 10.9. The minimum Gasteiger partial charge on any atom is -0.260 e. The average molecular weight is 220 g/mol. The number of pyridine rings is 1. The molecule has 0 radical (unpaired) electrons. The number of hydrogen-bond donors (Lipinski definition) is 0. The third-order valence-electron chi connectivity index (χ3n) is 1.80. The van der Waals surface area contributed by atoms with Gasteiger partial charge in [-0.15, -0.1) is 11.6 Å². The zero-order valence-electron chi connectivity index (χ0n) is 8.73. The Morgan fingerprint density at radius 2 is 1.67 bits per heavy atom. The molecule has 1 heterocycles. The van der Waals surface area contributed by atoms with E-state index in [2.05, 4.69) is 24.0 Å². The number of aromatic nitrogens is 1. The maximum Gasteiger partial charge on any atom is 0.0647 e. The van der Waals surface area contributed by atoms with E-state index in [0.29, 0.717) is 5.88 Å². The molecule has 2 rings (SSSR count). The Kier molecular flexibility index (Phi) is 5.49. The largest absolute Gasteiger partial charge is 0.260 e. The standard InChI is InChI=1S/C7H8.C6H6ClN/c1-7-5-3-2-4-6-7;7-5-6-3-1-2-4-8-6/h2-6H,1H3;1-4H,5H2. The Morgan fingerprint density at radius 1 is 1.00 bits per heavy atom. The summed E-state index contributed by atoms with van der Waals surface area (Å²) in [6, 6.07) is 15.9. The minimum atomic E-state index is 0.501. The highest BCUT2D eigenvalue weighted by Crippen LogP contribution is 1.95. The topological polar surface area (TPSA) is 12.9 Å². The van der Waals surface area contributed by atoms with Gasteiger partial charge in [0.2, 0.25) is 0 Å². The Bertz CT molecular complexity index is 359. The molecular weight excluding hydrogens is 206 g/mol. The van der Waals surface area contributed by atoms with Crippen molar-refractivity contribution in [2.75, 3.05) is 0 Å². The highest BCUT2D eigenvalue weighted by molar-refractivity contribution is 6.16. The number of alkyl halides is 1. The van der Waals surface area contributed by atoms with E-state index in [1.165, 1.54) is 5.56 Å². The summed E-state index contributed by atoms with van der Waals surface area (Å²) in [5.41, 5.74) is 2.25. The Balaban J connectivity index is 0.000000151. The molecule has 2 aromatic rings. The molecule has 1 aromatic carbocycles. The summed E-state index contributed by atoms with van der Waals surface area (Å²) in [4.78, 5) is 3.97. The fourth-order valence-electron chi connectivity index (χ4n) is 1.01. The number of rotatable bonds is 1. The maximum absolute atomic E-state index is 5.46. The van der Waals surface area contributed by atoms with E-state index in [1.54, 1.807) is 6.20 Å². The number of hydrogen-bond acceptors (Lipinski definition) is 1. The van der Waals surface area contributed by atoms with E-state index in [1.807, 2.05) is 36.4 Å². The smallest absolute Gasteiger partial charge is 0.0647 e. The Labute approximate surface area is 95.7 Å². The number of aryl methyl sites for hydroxylation is 1. The van der Waals surface area contributed by atoms with Gasteiger partial charge in [0.05, 0.1) is 11.6 Å². The van der Waals surface area contributed by atoms with Crippen LogP contribution in [-0.4, -0.2) is 4.98 Å². The van der Waals surface area contributed by atoms with Crippen molar-refractivity contribution in [2.45, 2.75) is 12.8 Å². The van der Waals surface area contributed by atoms with Gasteiger partial charge in [0.25, 0.3) is 0 Å². The second-order valence-corrected chi connectivity index (χ2v) is 3.38. The molecule has 0 saturated carbocycles. The van der Waals surface area contributed by atoms with E-state index in [9.17, 15) is 0 Å². The predicted octanol–water partition coefficient (Wildman–Crippen LogP) is 3.82. The molecule has 1 nitrogen and oxygen atoms in total. The van der Waals surface area contributed by atoms with E-state index in [-0.39, 0.29) is 0 Å². The van der Waals surface area contributed by atoms with Crippen molar-refractivity contribution in [3.63, 3.8) is 0 Å². The number of benzene rings is 1. The van der Waals surface area contributed by atoms with Crippen LogP contribution in [0.15, 0.2) is 54.7 Å². The summed E-state index contributed by atoms with van der Waals surface area (Å²) >= 11 is 5.46. The third kappa shape index (κ3) is 5.18. The molecule has 0 bridgehead atoms. The quantitative estimate of drug-likeness (QED) is 0.665. The van der Waals surface area contributed by atoms with E-state index in [0.717, 1.165) is 5.69 Å². The fraction of sp³-hybridized carbons (Fsp3) is 0.154. The molecule has 0 spiro atoms. The summed E-state index contributed by atoms with van der Waals surface area (Å²) in [5, 5.41) is 0. The van der Waals surface area contributed by atoms with Gasteiger partial charge in [-0.3, -0.25) is 4.98 Å². The lowest BCUT2D eigenvalue weighted by atomic mass is 10.2. The van der Waals surface area contributed by atoms with Gasteiger partial charge in [0, 0.05) is 6.20 Å². The SMILES string of the molecule is Cc1ccccc1.ClCc1ccccn1. The first-order valence-electron chi connectivity index (χ1n) is 4.80. The van der Waals surface area contributed by atoms with Crippen molar-refractivity contribution in [1.82, 2.24) is 4.98 Å². The molecular formula is C13H14ClN. The number of halogens is 1. The first kappa shape index (κ1) is 11.7. The van der Waals surface area contributed by atoms with Gasteiger partial charge >= 0.3 is 0 Å². The molecule has 0 saturated heterocycles. The second kappa shape index (κ2) is 7.02. The summed E-state index contributed by atoms with van der Waals surface area (Å²) in [6.45, 7) is 2.08. The molecule has 0 aliphatic rings. The van der Waals surface area contributed by atoms with Crippen LogP contribution in [0.5, 0.6) is 0 Å². The van der Waals surface area contributed by atoms with Gasteiger partial charge in [-0.2, -0.15) is 0 Å². The van der Waals surface area contributed by atoms with Crippen LogP contribution in [0.25, 0.3) is 0 Å². The summed E-state index contributed by atoms with van der Waals surface area (Å²) in [6.07, 6.45) is 1.73. The molecule has 0 amide bonds. The molecule has 78 valence electrons. The predicted molar refractivity (Wildman–Crippen MR) is 65.0 cm³/mol. The van der Waals surface area contributed by atoms with Gasteiger partial charge in [-0.1, -0.05) is 42.0 Å².